The molecule has 1 saturated heterocycles. The first-order valence-corrected chi connectivity index (χ1v) is 8.90. The lowest BCUT2D eigenvalue weighted by Gasteiger charge is -2.33. The molecule has 0 aliphatic carbocycles. The van der Waals surface area contributed by atoms with Gasteiger partial charge in [0.1, 0.15) is 17.5 Å². The van der Waals surface area contributed by atoms with E-state index in [0.717, 1.165) is 49.0 Å². The topological polar surface area (TPSA) is 59.2 Å². The normalized spacial score (nSPS) is 18.7. The van der Waals surface area contributed by atoms with Gasteiger partial charge >= 0.3 is 0 Å². The molecule has 0 radical (unpaired) electrons. The Kier molecular flexibility index (Phi) is 3.90. The smallest absolute Gasteiger partial charge is 0.160 e. The number of hydrogen-bond acceptors (Lipinski definition) is 5. The molecule has 0 aromatic carbocycles. The van der Waals surface area contributed by atoms with E-state index in [2.05, 4.69) is 45.3 Å². The number of anilines is 1. The third-order valence-corrected chi connectivity index (χ3v) is 4.76. The molecule has 4 rings (SSSR count). The van der Waals surface area contributed by atoms with Crippen molar-refractivity contribution < 1.29 is 0 Å². The zero-order chi connectivity index (χ0) is 17.4. The van der Waals surface area contributed by atoms with Crippen molar-refractivity contribution in [2.45, 2.75) is 44.9 Å². The monoisotopic (exact) mass is 336 g/mol. The molecule has 1 aliphatic rings. The van der Waals surface area contributed by atoms with Gasteiger partial charge in [0.05, 0.1) is 0 Å². The minimum absolute atomic E-state index is 0.0472. The van der Waals surface area contributed by atoms with Crippen molar-refractivity contribution in [3.8, 4) is 0 Å². The SMILES string of the molecule is CC(C)(C)c1nccc(N2CCCC(c3nnc4ccccn34)C2)n1. The number of nitrogens with zero attached hydrogens (tertiary/aromatic N) is 6. The molecule has 3 aromatic rings. The predicted molar refractivity (Wildman–Crippen MR) is 97.9 cm³/mol. The van der Waals surface area contributed by atoms with Gasteiger partial charge in [-0.15, -0.1) is 10.2 Å². The Morgan fingerprint density at radius 2 is 2.00 bits per heavy atom. The summed E-state index contributed by atoms with van der Waals surface area (Å²) < 4.78 is 2.11. The molecular weight excluding hydrogens is 312 g/mol. The minimum Gasteiger partial charge on any atom is -0.356 e. The molecule has 0 bridgehead atoms. The molecule has 4 heterocycles. The highest BCUT2D eigenvalue weighted by atomic mass is 15.3. The van der Waals surface area contributed by atoms with Crippen molar-refractivity contribution in [1.82, 2.24) is 24.6 Å². The number of pyridine rings is 1. The molecule has 1 aliphatic heterocycles. The molecule has 25 heavy (non-hydrogen) atoms. The fourth-order valence-electron chi connectivity index (χ4n) is 3.42. The Morgan fingerprint density at radius 3 is 2.84 bits per heavy atom. The first-order chi connectivity index (χ1) is 12.0. The molecule has 0 spiro atoms. The van der Waals surface area contributed by atoms with Crippen LogP contribution in [0.5, 0.6) is 0 Å². The number of rotatable bonds is 2. The van der Waals surface area contributed by atoms with E-state index in [4.69, 9.17) is 4.98 Å². The maximum Gasteiger partial charge on any atom is 0.160 e. The van der Waals surface area contributed by atoms with Crippen molar-refractivity contribution in [3.63, 3.8) is 0 Å². The van der Waals surface area contributed by atoms with Gasteiger partial charge < -0.3 is 4.90 Å². The summed E-state index contributed by atoms with van der Waals surface area (Å²) in [5.41, 5.74) is 0.862. The van der Waals surface area contributed by atoms with Crippen LogP contribution in [0.15, 0.2) is 36.7 Å². The zero-order valence-corrected chi connectivity index (χ0v) is 15.1. The summed E-state index contributed by atoms with van der Waals surface area (Å²) in [5.74, 6) is 3.31. The second kappa shape index (κ2) is 6.10. The highest BCUT2D eigenvalue weighted by Gasteiger charge is 2.27. The molecular formula is C19H24N6. The Balaban J connectivity index is 1.61. The quantitative estimate of drug-likeness (QED) is 0.719. The zero-order valence-electron chi connectivity index (χ0n) is 15.1. The minimum atomic E-state index is -0.0472. The summed E-state index contributed by atoms with van der Waals surface area (Å²) >= 11 is 0. The van der Waals surface area contributed by atoms with E-state index in [1.54, 1.807) is 0 Å². The molecule has 1 fully saturated rings. The van der Waals surface area contributed by atoms with Crippen LogP contribution in [0.4, 0.5) is 5.82 Å². The third kappa shape index (κ3) is 3.08. The van der Waals surface area contributed by atoms with Gasteiger partial charge in [-0.05, 0) is 31.0 Å². The highest BCUT2D eigenvalue weighted by molar-refractivity contribution is 5.41. The van der Waals surface area contributed by atoms with Crippen LogP contribution in [0.3, 0.4) is 0 Å². The lowest BCUT2D eigenvalue weighted by Crippen LogP contribution is -2.36. The van der Waals surface area contributed by atoms with E-state index in [9.17, 15) is 0 Å². The summed E-state index contributed by atoms with van der Waals surface area (Å²) in [6.07, 6.45) is 6.18. The fourth-order valence-corrected chi connectivity index (χ4v) is 3.42. The predicted octanol–water partition coefficient (Wildman–Crippen LogP) is 3.20. The number of piperidine rings is 1. The van der Waals surface area contributed by atoms with Gasteiger partial charge in [-0.3, -0.25) is 4.40 Å². The van der Waals surface area contributed by atoms with Gasteiger partial charge in [0.25, 0.3) is 0 Å². The van der Waals surface area contributed by atoms with E-state index in [0.29, 0.717) is 5.92 Å². The molecule has 0 amide bonds. The van der Waals surface area contributed by atoms with Crippen molar-refractivity contribution in [2.24, 2.45) is 0 Å². The van der Waals surface area contributed by atoms with E-state index in [1.807, 2.05) is 36.7 Å². The number of hydrogen-bond donors (Lipinski definition) is 0. The summed E-state index contributed by atoms with van der Waals surface area (Å²) in [4.78, 5) is 11.6. The van der Waals surface area contributed by atoms with Crippen LogP contribution >= 0.6 is 0 Å². The molecule has 130 valence electrons. The first kappa shape index (κ1) is 16.0. The van der Waals surface area contributed by atoms with Crippen molar-refractivity contribution in [1.29, 1.82) is 0 Å². The number of aromatic nitrogens is 5. The van der Waals surface area contributed by atoms with Crippen LogP contribution in [0.2, 0.25) is 0 Å². The van der Waals surface area contributed by atoms with Gasteiger partial charge in [-0.2, -0.15) is 0 Å². The van der Waals surface area contributed by atoms with E-state index in [1.165, 1.54) is 0 Å². The Labute approximate surface area is 147 Å². The lowest BCUT2D eigenvalue weighted by atomic mass is 9.95. The summed E-state index contributed by atoms with van der Waals surface area (Å²) in [7, 11) is 0. The third-order valence-electron chi connectivity index (χ3n) is 4.76. The van der Waals surface area contributed by atoms with Crippen molar-refractivity contribution >= 4 is 11.5 Å². The maximum atomic E-state index is 4.82. The molecule has 1 atom stereocenters. The van der Waals surface area contributed by atoms with E-state index >= 15 is 0 Å². The molecule has 3 aromatic heterocycles. The van der Waals surface area contributed by atoms with Gasteiger partial charge in [-0.1, -0.05) is 26.8 Å². The highest BCUT2D eigenvalue weighted by Crippen LogP contribution is 2.29. The Bertz CT molecular complexity index is 879. The standard InChI is InChI=1S/C19H24N6/c1-19(2,3)18-20-10-9-15(21-18)24-11-6-7-14(13-24)17-23-22-16-8-4-5-12-25(16)17/h4-5,8-10,12,14H,6-7,11,13H2,1-3H3. The average Bonchev–Trinajstić information content (AvgIpc) is 3.05. The van der Waals surface area contributed by atoms with Crippen LogP contribution < -0.4 is 4.90 Å². The molecule has 0 saturated carbocycles. The summed E-state index contributed by atoms with van der Waals surface area (Å²) in [6.45, 7) is 8.37. The van der Waals surface area contributed by atoms with Gasteiger partial charge in [0.15, 0.2) is 5.65 Å². The van der Waals surface area contributed by atoms with Crippen LogP contribution in [0.1, 0.15) is 51.2 Å². The molecule has 6 heteroatoms. The number of fused-ring (bicyclic) bond motifs is 1. The van der Waals surface area contributed by atoms with Crippen molar-refractivity contribution in [2.75, 3.05) is 18.0 Å². The fraction of sp³-hybridized carbons (Fsp3) is 0.474. The van der Waals surface area contributed by atoms with Crippen LogP contribution in [0, 0.1) is 0 Å². The largest absolute Gasteiger partial charge is 0.356 e. The average molecular weight is 336 g/mol. The van der Waals surface area contributed by atoms with Crippen LogP contribution in [0.25, 0.3) is 5.65 Å². The molecule has 0 N–H and O–H groups in total. The first-order valence-electron chi connectivity index (χ1n) is 8.90. The van der Waals surface area contributed by atoms with Gasteiger partial charge in [0.2, 0.25) is 0 Å². The Morgan fingerprint density at radius 1 is 1.12 bits per heavy atom. The summed E-state index contributed by atoms with van der Waals surface area (Å²) in [6, 6.07) is 8.03. The second-order valence-corrected chi connectivity index (χ2v) is 7.76. The Hall–Kier alpha value is -2.50. The van der Waals surface area contributed by atoms with Gasteiger partial charge in [0, 0.05) is 36.8 Å². The van der Waals surface area contributed by atoms with Gasteiger partial charge in [-0.25, -0.2) is 9.97 Å². The maximum absolute atomic E-state index is 4.82. The van der Waals surface area contributed by atoms with E-state index in [-0.39, 0.29) is 5.41 Å². The lowest BCUT2D eigenvalue weighted by molar-refractivity contribution is 0.482. The summed E-state index contributed by atoms with van der Waals surface area (Å²) in [5, 5.41) is 8.76. The molecule has 6 nitrogen and oxygen atoms in total. The second-order valence-electron chi connectivity index (χ2n) is 7.76. The van der Waals surface area contributed by atoms with E-state index < -0.39 is 0 Å². The molecule has 1 unspecified atom stereocenters. The van der Waals surface area contributed by atoms with Crippen LogP contribution in [-0.2, 0) is 5.41 Å². The van der Waals surface area contributed by atoms with Crippen LogP contribution in [-0.4, -0.2) is 37.7 Å². The van der Waals surface area contributed by atoms with Crippen molar-refractivity contribution in [3.05, 3.63) is 48.3 Å².